The maximum absolute atomic E-state index is 12.1. The molecule has 1 aromatic rings. The topological polar surface area (TPSA) is 74.6 Å². The number of rotatable bonds is 6. The molecule has 6 nitrogen and oxygen atoms in total. The van der Waals surface area contributed by atoms with Crippen LogP contribution in [-0.4, -0.2) is 54.8 Å². The van der Waals surface area contributed by atoms with Crippen molar-refractivity contribution in [2.24, 2.45) is 0 Å². The molecule has 6 heteroatoms. The first-order valence-corrected chi connectivity index (χ1v) is 8.61. The van der Waals surface area contributed by atoms with E-state index in [-0.39, 0.29) is 30.3 Å². The van der Waals surface area contributed by atoms with Gasteiger partial charge in [0.1, 0.15) is 11.8 Å². The predicted octanol–water partition coefficient (Wildman–Crippen LogP) is 1.94. The fraction of sp³-hybridized carbons (Fsp3) is 0.579. The highest BCUT2D eigenvalue weighted by Crippen LogP contribution is 2.21. The summed E-state index contributed by atoms with van der Waals surface area (Å²) in [7, 11) is 0. The van der Waals surface area contributed by atoms with Crippen LogP contribution in [0.25, 0.3) is 0 Å². The Labute approximate surface area is 149 Å². The molecule has 1 aromatic carbocycles. The standard InChI is InChI=1S/C19H27N3O3/c1-14-10-22(11-15(2)25-14)19(3,4)13-21-18(23)12-24-17-8-6-5-7-16(17)9-20/h5-8,14-15H,10-13H2,1-4H3,(H,21,23)/t14-,15-/m0/s1. The second kappa shape index (κ2) is 8.32. The minimum absolute atomic E-state index is 0.106. The highest BCUT2D eigenvalue weighted by Gasteiger charge is 2.33. The molecule has 25 heavy (non-hydrogen) atoms. The van der Waals surface area contributed by atoms with E-state index in [9.17, 15) is 4.79 Å². The summed E-state index contributed by atoms with van der Waals surface area (Å²) in [5.74, 6) is 0.227. The number of benzene rings is 1. The van der Waals surface area contributed by atoms with E-state index in [1.165, 1.54) is 0 Å². The van der Waals surface area contributed by atoms with Crippen molar-refractivity contribution in [3.8, 4) is 11.8 Å². The molecule has 0 aromatic heterocycles. The molecule has 1 aliphatic heterocycles. The zero-order valence-corrected chi connectivity index (χ0v) is 15.4. The van der Waals surface area contributed by atoms with Crippen LogP contribution in [0, 0.1) is 11.3 Å². The van der Waals surface area contributed by atoms with Gasteiger partial charge in [0.25, 0.3) is 5.91 Å². The van der Waals surface area contributed by atoms with E-state index < -0.39 is 0 Å². The van der Waals surface area contributed by atoms with Gasteiger partial charge in [-0.15, -0.1) is 0 Å². The van der Waals surface area contributed by atoms with Crippen molar-refractivity contribution in [3.63, 3.8) is 0 Å². The molecule has 1 fully saturated rings. The summed E-state index contributed by atoms with van der Waals surface area (Å²) in [6.45, 7) is 10.5. The van der Waals surface area contributed by atoms with Crippen molar-refractivity contribution in [3.05, 3.63) is 29.8 Å². The number of nitrogens with one attached hydrogen (secondary N) is 1. The lowest BCUT2D eigenvalue weighted by Crippen LogP contribution is -2.58. The van der Waals surface area contributed by atoms with Gasteiger partial charge in [-0.25, -0.2) is 0 Å². The van der Waals surface area contributed by atoms with Gasteiger partial charge in [0.05, 0.1) is 17.8 Å². The second-order valence-corrected chi connectivity index (χ2v) is 7.15. The second-order valence-electron chi connectivity index (χ2n) is 7.15. The number of ether oxygens (including phenoxy) is 2. The quantitative estimate of drug-likeness (QED) is 0.853. The van der Waals surface area contributed by atoms with Gasteiger partial charge in [-0.3, -0.25) is 9.69 Å². The van der Waals surface area contributed by atoms with Crippen molar-refractivity contribution < 1.29 is 14.3 Å². The Balaban J connectivity index is 1.83. The Morgan fingerprint density at radius 3 is 2.64 bits per heavy atom. The Kier molecular flexibility index (Phi) is 6.40. The van der Waals surface area contributed by atoms with Gasteiger partial charge in [0, 0.05) is 25.2 Å². The summed E-state index contributed by atoms with van der Waals surface area (Å²) in [5.41, 5.74) is 0.249. The van der Waals surface area contributed by atoms with Crippen LogP contribution in [-0.2, 0) is 9.53 Å². The molecule has 2 atom stereocenters. The zero-order chi connectivity index (χ0) is 18.4. The van der Waals surface area contributed by atoms with Gasteiger partial charge in [0.2, 0.25) is 0 Å². The molecule has 2 rings (SSSR count). The molecule has 136 valence electrons. The smallest absolute Gasteiger partial charge is 0.258 e. The molecular formula is C19H27N3O3. The van der Waals surface area contributed by atoms with E-state index in [1.807, 2.05) is 0 Å². The summed E-state index contributed by atoms with van der Waals surface area (Å²) in [4.78, 5) is 14.5. The van der Waals surface area contributed by atoms with Crippen LogP contribution in [0.2, 0.25) is 0 Å². The Hall–Kier alpha value is -2.10. The van der Waals surface area contributed by atoms with Crippen LogP contribution in [0.15, 0.2) is 24.3 Å². The largest absolute Gasteiger partial charge is 0.482 e. The number of carbonyl (C=O) groups is 1. The number of hydrogen-bond donors (Lipinski definition) is 1. The molecule has 1 aliphatic rings. The fourth-order valence-electron chi connectivity index (χ4n) is 2.98. The molecule has 1 heterocycles. The first kappa shape index (κ1) is 19.2. The van der Waals surface area contributed by atoms with Crippen LogP contribution in [0.1, 0.15) is 33.3 Å². The van der Waals surface area contributed by atoms with Crippen LogP contribution in [0.3, 0.4) is 0 Å². The first-order valence-electron chi connectivity index (χ1n) is 8.61. The number of amides is 1. The van der Waals surface area contributed by atoms with Crippen LogP contribution >= 0.6 is 0 Å². The molecule has 0 radical (unpaired) electrons. The molecule has 1 saturated heterocycles. The van der Waals surface area contributed by atoms with Gasteiger partial charge in [-0.1, -0.05) is 12.1 Å². The van der Waals surface area contributed by atoms with Gasteiger partial charge in [-0.05, 0) is 39.8 Å². The lowest BCUT2D eigenvalue weighted by molar-refractivity contribution is -0.124. The van der Waals surface area contributed by atoms with Crippen molar-refractivity contribution in [2.75, 3.05) is 26.2 Å². The first-order chi connectivity index (χ1) is 11.8. The maximum Gasteiger partial charge on any atom is 0.258 e. The van der Waals surface area contributed by atoms with E-state index in [0.717, 1.165) is 13.1 Å². The number of nitrogens with zero attached hydrogens (tertiary/aromatic N) is 2. The lowest BCUT2D eigenvalue weighted by Gasteiger charge is -2.45. The van der Waals surface area contributed by atoms with Crippen molar-refractivity contribution in [2.45, 2.75) is 45.4 Å². The highest BCUT2D eigenvalue weighted by atomic mass is 16.5. The third-order valence-electron chi connectivity index (χ3n) is 4.36. The van der Waals surface area contributed by atoms with E-state index in [4.69, 9.17) is 14.7 Å². The molecular weight excluding hydrogens is 318 g/mol. The Morgan fingerprint density at radius 1 is 1.36 bits per heavy atom. The lowest BCUT2D eigenvalue weighted by atomic mass is 10.00. The fourth-order valence-corrected chi connectivity index (χ4v) is 2.98. The summed E-state index contributed by atoms with van der Waals surface area (Å²) in [6, 6.07) is 8.94. The normalized spacial score (nSPS) is 21.4. The average Bonchev–Trinajstić information content (AvgIpc) is 2.57. The van der Waals surface area contributed by atoms with Crippen LogP contribution < -0.4 is 10.1 Å². The van der Waals surface area contributed by atoms with Gasteiger partial charge in [0.15, 0.2) is 6.61 Å². The SMILES string of the molecule is C[C@H]1CN(C(C)(C)CNC(=O)COc2ccccc2C#N)C[C@H](C)O1. The average molecular weight is 345 g/mol. The van der Waals surface area contributed by atoms with Crippen LogP contribution in [0.5, 0.6) is 5.75 Å². The van der Waals surface area contributed by atoms with Gasteiger partial charge < -0.3 is 14.8 Å². The molecule has 0 bridgehead atoms. The molecule has 0 saturated carbocycles. The monoisotopic (exact) mass is 345 g/mol. The number of para-hydroxylation sites is 1. The van der Waals surface area contributed by atoms with Gasteiger partial charge >= 0.3 is 0 Å². The summed E-state index contributed by atoms with van der Waals surface area (Å²) in [5, 5.41) is 12.0. The molecule has 0 unspecified atom stereocenters. The molecule has 1 N–H and O–H groups in total. The number of nitriles is 1. The Bertz CT molecular complexity index is 629. The third kappa shape index (κ3) is 5.45. The van der Waals surface area contributed by atoms with E-state index in [0.29, 0.717) is 17.9 Å². The molecule has 0 aliphatic carbocycles. The van der Waals surface area contributed by atoms with Crippen molar-refractivity contribution in [1.29, 1.82) is 5.26 Å². The predicted molar refractivity (Wildman–Crippen MR) is 95.3 cm³/mol. The van der Waals surface area contributed by atoms with E-state index in [1.54, 1.807) is 24.3 Å². The highest BCUT2D eigenvalue weighted by molar-refractivity contribution is 5.77. The zero-order valence-electron chi connectivity index (χ0n) is 15.4. The number of morpholine rings is 1. The van der Waals surface area contributed by atoms with E-state index in [2.05, 4.69) is 44.0 Å². The van der Waals surface area contributed by atoms with Crippen molar-refractivity contribution in [1.82, 2.24) is 10.2 Å². The van der Waals surface area contributed by atoms with Crippen LogP contribution in [0.4, 0.5) is 0 Å². The van der Waals surface area contributed by atoms with E-state index >= 15 is 0 Å². The maximum atomic E-state index is 12.1. The Morgan fingerprint density at radius 2 is 2.00 bits per heavy atom. The minimum atomic E-state index is -0.199. The number of hydrogen-bond acceptors (Lipinski definition) is 5. The molecule has 0 spiro atoms. The van der Waals surface area contributed by atoms with Crippen molar-refractivity contribution >= 4 is 5.91 Å². The number of carbonyl (C=O) groups excluding carboxylic acids is 1. The van der Waals surface area contributed by atoms with Gasteiger partial charge in [-0.2, -0.15) is 5.26 Å². The third-order valence-corrected chi connectivity index (χ3v) is 4.36. The minimum Gasteiger partial charge on any atom is -0.482 e. The summed E-state index contributed by atoms with van der Waals surface area (Å²) >= 11 is 0. The summed E-state index contributed by atoms with van der Waals surface area (Å²) < 4.78 is 11.2. The molecule has 1 amide bonds. The summed E-state index contributed by atoms with van der Waals surface area (Å²) in [6.07, 6.45) is 0.370.